The zero-order valence-electron chi connectivity index (χ0n) is 9.43. The molecule has 16 heavy (non-hydrogen) atoms. The van der Waals surface area contributed by atoms with Gasteiger partial charge in [-0.1, -0.05) is 19.3 Å². The van der Waals surface area contributed by atoms with E-state index in [9.17, 15) is 4.79 Å². The summed E-state index contributed by atoms with van der Waals surface area (Å²) in [5.74, 6) is -0.757. The van der Waals surface area contributed by atoms with Gasteiger partial charge in [0.05, 0.1) is 18.2 Å². The van der Waals surface area contributed by atoms with Crippen LogP contribution in [0.5, 0.6) is 0 Å². The van der Waals surface area contributed by atoms with E-state index in [1.54, 1.807) is 0 Å². The minimum absolute atomic E-state index is 0.168. The fourth-order valence-corrected chi connectivity index (χ4v) is 2.29. The number of rotatable bonds is 4. The number of carboxylic acid groups (broad SMARTS) is 1. The molecule has 0 atom stereocenters. The summed E-state index contributed by atoms with van der Waals surface area (Å²) in [6, 6.07) is 2.48. The lowest BCUT2D eigenvalue weighted by molar-refractivity contribution is -0.136. The van der Waals surface area contributed by atoms with E-state index in [0.717, 1.165) is 5.69 Å². The first-order chi connectivity index (χ1) is 7.75. The fourth-order valence-electron chi connectivity index (χ4n) is 2.29. The van der Waals surface area contributed by atoms with Gasteiger partial charge in [0.2, 0.25) is 0 Å². The van der Waals surface area contributed by atoms with Crippen molar-refractivity contribution in [1.29, 1.82) is 0 Å². The maximum atomic E-state index is 10.4. The molecule has 0 aromatic carbocycles. The molecule has 0 spiro atoms. The molecule has 1 heterocycles. The maximum absolute atomic E-state index is 10.4. The Hall–Kier alpha value is -1.32. The van der Waals surface area contributed by atoms with Gasteiger partial charge in [0.15, 0.2) is 0 Å². The molecule has 1 aromatic rings. The highest BCUT2D eigenvalue weighted by Gasteiger charge is 2.15. The second-order valence-electron chi connectivity index (χ2n) is 4.47. The topological polar surface area (TPSA) is 55.1 Å². The summed E-state index contributed by atoms with van der Waals surface area (Å²) in [7, 11) is 0. The van der Waals surface area contributed by atoms with Crippen LogP contribution in [-0.2, 0) is 11.2 Å². The van der Waals surface area contributed by atoms with Crippen molar-refractivity contribution in [1.82, 2.24) is 9.78 Å². The Morgan fingerprint density at radius 1 is 1.44 bits per heavy atom. The van der Waals surface area contributed by atoms with Gasteiger partial charge in [0.1, 0.15) is 0 Å². The van der Waals surface area contributed by atoms with Crippen LogP contribution < -0.4 is 0 Å². The Morgan fingerprint density at radius 2 is 2.19 bits per heavy atom. The number of carboxylic acids is 1. The Morgan fingerprint density at radius 3 is 2.88 bits per heavy atom. The SMILES string of the molecule is O=C(O)CCc1ccn(C2CCCCC2)n1. The van der Waals surface area contributed by atoms with E-state index in [2.05, 4.69) is 5.10 Å². The zero-order valence-corrected chi connectivity index (χ0v) is 9.43. The van der Waals surface area contributed by atoms with E-state index in [1.807, 2.05) is 16.9 Å². The van der Waals surface area contributed by atoms with Crippen molar-refractivity contribution in [3.8, 4) is 0 Å². The van der Waals surface area contributed by atoms with Crippen molar-refractivity contribution < 1.29 is 9.90 Å². The molecule has 4 heteroatoms. The number of hydrogen-bond donors (Lipinski definition) is 1. The molecule has 1 fully saturated rings. The largest absolute Gasteiger partial charge is 0.481 e. The predicted molar refractivity (Wildman–Crippen MR) is 60.3 cm³/mol. The van der Waals surface area contributed by atoms with Crippen LogP contribution in [0.1, 0.15) is 50.3 Å². The van der Waals surface area contributed by atoms with E-state index in [1.165, 1.54) is 32.1 Å². The van der Waals surface area contributed by atoms with E-state index in [-0.39, 0.29) is 6.42 Å². The number of aliphatic carboxylic acids is 1. The lowest BCUT2D eigenvalue weighted by Crippen LogP contribution is -2.13. The highest BCUT2D eigenvalue weighted by molar-refractivity contribution is 5.66. The van der Waals surface area contributed by atoms with E-state index >= 15 is 0 Å². The van der Waals surface area contributed by atoms with Crippen LogP contribution in [0.25, 0.3) is 0 Å². The second-order valence-corrected chi connectivity index (χ2v) is 4.47. The minimum Gasteiger partial charge on any atom is -0.481 e. The summed E-state index contributed by atoms with van der Waals surface area (Å²) >= 11 is 0. The molecule has 0 aliphatic heterocycles. The Balaban J connectivity index is 1.93. The maximum Gasteiger partial charge on any atom is 0.303 e. The van der Waals surface area contributed by atoms with Gasteiger partial charge < -0.3 is 5.11 Å². The quantitative estimate of drug-likeness (QED) is 0.851. The van der Waals surface area contributed by atoms with Gasteiger partial charge in [-0.2, -0.15) is 5.10 Å². The van der Waals surface area contributed by atoms with Crippen molar-refractivity contribution in [2.24, 2.45) is 0 Å². The van der Waals surface area contributed by atoms with Crippen molar-refractivity contribution >= 4 is 5.97 Å². The van der Waals surface area contributed by atoms with Crippen LogP contribution in [0.2, 0.25) is 0 Å². The highest BCUT2D eigenvalue weighted by atomic mass is 16.4. The van der Waals surface area contributed by atoms with E-state index < -0.39 is 5.97 Å². The molecule has 0 radical (unpaired) electrons. The number of carbonyl (C=O) groups is 1. The Labute approximate surface area is 95.3 Å². The number of aromatic nitrogens is 2. The fraction of sp³-hybridized carbons (Fsp3) is 0.667. The summed E-state index contributed by atoms with van der Waals surface area (Å²) in [5, 5.41) is 13.1. The molecule has 1 aliphatic carbocycles. The van der Waals surface area contributed by atoms with Crippen molar-refractivity contribution in [2.75, 3.05) is 0 Å². The minimum atomic E-state index is -0.757. The molecule has 4 nitrogen and oxygen atoms in total. The zero-order chi connectivity index (χ0) is 11.4. The smallest absolute Gasteiger partial charge is 0.303 e. The van der Waals surface area contributed by atoms with Gasteiger partial charge in [0.25, 0.3) is 0 Å². The van der Waals surface area contributed by atoms with Gasteiger partial charge >= 0.3 is 5.97 Å². The second kappa shape index (κ2) is 5.14. The van der Waals surface area contributed by atoms with Gasteiger partial charge in [-0.25, -0.2) is 0 Å². The molecule has 0 unspecified atom stereocenters. The lowest BCUT2D eigenvalue weighted by atomic mass is 9.96. The van der Waals surface area contributed by atoms with Crippen molar-refractivity contribution in [2.45, 2.75) is 51.0 Å². The summed E-state index contributed by atoms with van der Waals surface area (Å²) in [6.07, 6.45) is 9.03. The Kier molecular flexibility index (Phi) is 3.59. The number of hydrogen-bond acceptors (Lipinski definition) is 2. The molecule has 2 rings (SSSR count). The van der Waals surface area contributed by atoms with Gasteiger partial charge in [-0.05, 0) is 18.9 Å². The van der Waals surface area contributed by atoms with Gasteiger partial charge in [-0.15, -0.1) is 0 Å². The Bertz CT molecular complexity index is 354. The molecule has 1 saturated carbocycles. The predicted octanol–water partition coefficient (Wildman–Crippen LogP) is 2.41. The molecule has 1 aromatic heterocycles. The molecular weight excluding hydrogens is 204 g/mol. The first kappa shape index (κ1) is 11.2. The standard InChI is InChI=1S/C12H18N2O2/c15-12(16)7-6-10-8-9-14(13-10)11-4-2-1-3-5-11/h8-9,11H,1-7H2,(H,15,16). The van der Waals surface area contributed by atoms with Crippen molar-refractivity contribution in [3.63, 3.8) is 0 Å². The van der Waals surface area contributed by atoms with Crippen LogP contribution in [-0.4, -0.2) is 20.9 Å². The lowest BCUT2D eigenvalue weighted by Gasteiger charge is -2.21. The van der Waals surface area contributed by atoms with E-state index in [4.69, 9.17) is 5.11 Å². The molecule has 88 valence electrons. The number of nitrogens with zero attached hydrogens (tertiary/aromatic N) is 2. The third-order valence-corrected chi connectivity index (χ3v) is 3.21. The van der Waals surface area contributed by atoms with Gasteiger partial charge in [0, 0.05) is 12.6 Å². The first-order valence-electron chi connectivity index (χ1n) is 6.01. The first-order valence-corrected chi connectivity index (χ1v) is 6.01. The molecule has 0 saturated heterocycles. The van der Waals surface area contributed by atoms with Crippen LogP contribution >= 0.6 is 0 Å². The van der Waals surface area contributed by atoms with Crippen molar-refractivity contribution in [3.05, 3.63) is 18.0 Å². The molecule has 1 N–H and O–H groups in total. The molecular formula is C12H18N2O2. The number of aryl methyl sites for hydroxylation is 1. The van der Waals surface area contributed by atoms with Crippen LogP contribution in [0.3, 0.4) is 0 Å². The van der Waals surface area contributed by atoms with E-state index in [0.29, 0.717) is 12.5 Å². The van der Waals surface area contributed by atoms with Crippen LogP contribution in [0.4, 0.5) is 0 Å². The summed E-state index contributed by atoms with van der Waals surface area (Å²) < 4.78 is 2.02. The molecule has 0 amide bonds. The van der Waals surface area contributed by atoms with Crippen LogP contribution in [0.15, 0.2) is 12.3 Å². The van der Waals surface area contributed by atoms with Crippen LogP contribution in [0, 0.1) is 0 Å². The van der Waals surface area contributed by atoms with Gasteiger partial charge in [-0.3, -0.25) is 9.48 Å². The summed E-state index contributed by atoms with van der Waals surface area (Å²) in [6.45, 7) is 0. The molecule has 0 bridgehead atoms. The third-order valence-electron chi connectivity index (χ3n) is 3.21. The average Bonchev–Trinajstić information content (AvgIpc) is 2.76. The normalized spacial score (nSPS) is 17.5. The summed E-state index contributed by atoms with van der Waals surface area (Å²) in [4.78, 5) is 10.4. The average molecular weight is 222 g/mol. The molecule has 1 aliphatic rings. The third kappa shape index (κ3) is 2.84. The monoisotopic (exact) mass is 222 g/mol. The summed E-state index contributed by atoms with van der Waals surface area (Å²) in [5.41, 5.74) is 0.896. The highest BCUT2D eigenvalue weighted by Crippen LogP contribution is 2.27.